The standard InChI is InChI=1S/C15H19FN2O3/c1-9-4-3-7-15(17,8-9)14(21)18-11-6-2-5-10(16)12(11)13(19)20/h2,5-6,9H,3-4,7-8,17H2,1H3,(H,18,21)(H,19,20). The minimum Gasteiger partial charge on any atom is -0.478 e. The molecular formula is C15H19FN2O3. The third-order valence-corrected chi connectivity index (χ3v) is 3.96. The lowest BCUT2D eigenvalue weighted by Crippen LogP contribution is -2.53. The first-order valence-electron chi connectivity index (χ1n) is 6.95. The van der Waals surface area contributed by atoms with Crippen molar-refractivity contribution in [2.75, 3.05) is 5.32 Å². The van der Waals surface area contributed by atoms with Gasteiger partial charge in [0, 0.05) is 0 Å². The fraction of sp³-hybridized carbons (Fsp3) is 0.467. The quantitative estimate of drug-likeness (QED) is 0.798. The maximum atomic E-state index is 13.6. The molecule has 4 N–H and O–H groups in total. The van der Waals surface area contributed by atoms with Gasteiger partial charge in [-0.05, 0) is 30.9 Å². The van der Waals surface area contributed by atoms with E-state index >= 15 is 0 Å². The molecule has 1 amide bonds. The first-order chi connectivity index (χ1) is 9.83. The Hall–Kier alpha value is -1.95. The van der Waals surface area contributed by atoms with E-state index in [1.807, 2.05) is 6.92 Å². The van der Waals surface area contributed by atoms with Gasteiger partial charge in [-0.25, -0.2) is 9.18 Å². The topological polar surface area (TPSA) is 92.4 Å². The Morgan fingerprint density at radius 1 is 1.48 bits per heavy atom. The number of rotatable bonds is 3. The molecule has 6 heteroatoms. The number of halogens is 1. The van der Waals surface area contributed by atoms with Crippen molar-refractivity contribution in [3.8, 4) is 0 Å². The highest BCUT2D eigenvalue weighted by molar-refractivity contribution is 6.03. The Kier molecular flexibility index (Phi) is 4.27. The van der Waals surface area contributed by atoms with Crippen molar-refractivity contribution in [3.63, 3.8) is 0 Å². The summed E-state index contributed by atoms with van der Waals surface area (Å²) in [5.41, 5.74) is 4.52. The van der Waals surface area contributed by atoms with Gasteiger partial charge in [0.2, 0.25) is 5.91 Å². The monoisotopic (exact) mass is 294 g/mol. The average Bonchev–Trinajstić information content (AvgIpc) is 2.37. The maximum Gasteiger partial charge on any atom is 0.340 e. The van der Waals surface area contributed by atoms with Crippen LogP contribution in [-0.2, 0) is 4.79 Å². The molecule has 0 radical (unpaired) electrons. The van der Waals surface area contributed by atoms with E-state index in [0.717, 1.165) is 18.9 Å². The lowest BCUT2D eigenvalue weighted by molar-refractivity contribution is -0.122. The van der Waals surface area contributed by atoms with Crippen molar-refractivity contribution < 1.29 is 19.1 Å². The molecule has 1 aliphatic carbocycles. The molecule has 1 saturated carbocycles. The summed E-state index contributed by atoms with van der Waals surface area (Å²) in [5.74, 6) is -2.43. The Bertz CT molecular complexity index is 576. The van der Waals surface area contributed by atoms with Crippen LogP contribution in [0.3, 0.4) is 0 Å². The van der Waals surface area contributed by atoms with Crippen LogP contribution in [0.15, 0.2) is 18.2 Å². The molecule has 1 aliphatic rings. The second-order valence-electron chi connectivity index (χ2n) is 5.78. The largest absolute Gasteiger partial charge is 0.478 e. The van der Waals surface area contributed by atoms with E-state index in [1.165, 1.54) is 12.1 Å². The molecule has 1 aromatic carbocycles. The van der Waals surface area contributed by atoms with Gasteiger partial charge < -0.3 is 16.2 Å². The predicted octanol–water partition coefficient (Wildman–Crippen LogP) is 2.37. The van der Waals surface area contributed by atoms with Gasteiger partial charge in [-0.3, -0.25) is 4.79 Å². The smallest absolute Gasteiger partial charge is 0.340 e. The van der Waals surface area contributed by atoms with E-state index in [4.69, 9.17) is 10.8 Å². The molecule has 0 aliphatic heterocycles. The highest BCUT2D eigenvalue weighted by Gasteiger charge is 2.38. The minimum atomic E-state index is -1.42. The van der Waals surface area contributed by atoms with Gasteiger partial charge in [0.1, 0.15) is 11.4 Å². The van der Waals surface area contributed by atoms with Crippen LogP contribution in [0.25, 0.3) is 0 Å². The van der Waals surface area contributed by atoms with Gasteiger partial charge in [-0.15, -0.1) is 0 Å². The van der Waals surface area contributed by atoms with Crippen LogP contribution in [0.2, 0.25) is 0 Å². The third kappa shape index (κ3) is 3.21. The number of anilines is 1. The maximum absolute atomic E-state index is 13.6. The summed E-state index contributed by atoms with van der Waals surface area (Å²) < 4.78 is 13.6. The second-order valence-corrected chi connectivity index (χ2v) is 5.78. The minimum absolute atomic E-state index is 0.0597. The molecule has 0 saturated heterocycles. The van der Waals surface area contributed by atoms with E-state index < -0.39 is 28.8 Å². The molecule has 21 heavy (non-hydrogen) atoms. The fourth-order valence-corrected chi connectivity index (χ4v) is 2.89. The van der Waals surface area contributed by atoms with Crippen molar-refractivity contribution in [3.05, 3.63) is 29.6 Å². The second kappa shape index (κ2) is 5.81. The third-order valence-electron chi connectivity index (χ3n) is 3.96. The predicted molar refractivity (Wildman–Crippen MR) is 76.5 cm³/mol. The van der Waals surface area contributed by atoms with Crippen molar-refractivity contribution >= 4 is 17.6 Å². The van der Waals surface area contributed by atoms with Gasteiger partial charge in [-0.2, -0.15) is 0 Å². The molecule has 0 heterocycles. The summed E-state index contributed by atoms with van der Waals surface area (Å²) in [6.07, 6.45) is 2.95. The van der Waals surface area contributed by atoms with E-state index in [9.17, 15) is 14.0 Å². The van der Waals surface area contributed by atoms with Crippen LogP contribution >= 0.6 is 0 Å². The zero-order chi connectivity index (χ0) is 15.6. The normalized spacial score (nSPS) is 25.4. The van der Waals surface area contributed by atoms with Crippen molar-refractivity contribution in [1.29, 1.82) is 0 Å². The van der Waals surface area contributed by atoms with E-state index in [1.54, 1.807) is 0 Å². The lowest BCUT2D eigenvalue weighted by atomic mass is 9.76. The summed E-state index contributed by atoms with van der Waals surface area (Å²) in [6, 6.07) is 3.75. The number of nitrogens with one attached hydrogen (secondary N) is 1. The van der Waals surface area contributed by atoms with Gasteiger partial charge in [0.25, 0.3) is 0 Å². The Labute approximate surface area is 122 Å². The van der Waals surface area contributed by atoms with Crippen LogP contribution in [-0.4, -0.2) is 22.5 Å². The van der Waals surface area contributed by atoms with Gasteiger partial charge >= 0.3 is 5.97 Å². The Balaban J connectivity index is 2.24. The molecule has 0 aromatic heterocycles. The number of carboxylic acid groups (broad SMARTS) is 1. The van der Waals surface area contributed by atoms with Crippen LogP contribution in [0.1, 0.15) is 43.0 Å². The fourth-order valence-electron chi connectivity index (χ4n) is 2.89. The van der Waals surface area contributed by atoms with Crippen LogP contribution in [0.5, 0.6) is 0 Å². The first-order valence-corrected chi connectivity index (χ1v) is 6.95. The Morgan fingerprint density at radius 2 is 2.19 bits per heavy atom. The number of carboxylic acids is 1. The first kappa shape index (κ1) is 15.4. The van der Waals surface area contributed by atoms with Crippen molar-refractivity contribution in [1.82, 2.24) is 0 Å². The summed E-state index contributed by atoms with van der Waals surface area (Å²) >= 11 is 0. The molecule has 1 fully saturated rings. The number of aromatic carboxylic acids is 1. The zero-order valence-electron chi connectivity index (χ0n) is 11.9. The molecule has 114 valence electrons. The highest BCUT2D eigenvalue weighted by Crippen LogP contribution is 2.32. The van der Waals surface area contributed by atoms with Crippen molar-refractivity contribution in [2.45, 2.75) is 38.1 Å². The van der Waals surface area contributed by atoms with Gasteiger partial charge in [0.15, 0.2) is 0 Å². The molecule has 1 aromatic rings. The van der Waals surface area contributed by atoms with E-state index in [2.05, 4.69) is 5.32 Å². The zero-order valence-corrected chi connectivity index (χ0v) is 11.9. The number of amides is 1. The molecule has 0 bridgehead atoms. The van der Waals surface area contributed by atoms with E-state index in [-0.39, 0.29) is 5.69 Å². The van der Waals surface area contributed by atoms with Crippen molar-refractivity contribution in [2.24, 2.45) is 11.7 Å². The molecule has 5 nitrogen and oxygen atoms in total. The van der Waals surface area contributed by atoms with Crippen LogP contribution in [0, 0.1) is 11.7 Å². The average molecular weight is 294 g/mol. The number of hydrogen-bond acceptors (Lipinski definition) is 3. The van der Waals surface area contributed by atoms with Crippen LogP contribution < -0.4 is 11.1 Å². The molecule has 0 spiro atoms. The number of hydrogen-bond donors (Lipinski definition) is 3. The van der Waals surface area contributed by atoms with Gasteiger partial charge in [-0.1, -0.05) is 25.8 Å². The molecule has 2 atom stereocenters. The molecular weight excluding hydrogens is 275 g/mol. The number of nitrogens with two attached hydrogens (primary N) is 1. The van der Waals surface area contributed by atoms with E-state index in [0.29, 0.717) is 18.8 Å². The lowest BCUT2D eigenvalue weighted by Gasteiger charge is -2.35. The number of carbonyl (C=O) groups is 2. The van der Waals surface area contributed by atoms with Crippen LogP contribution in [0.4, 0.5) is 10.1 Å². The summed E-state index contributed by atoms with van der Waals surface area (Å²) in [6.45, 7) is 2.03. The molecule has 2 rings (SSSR count). The summed E-state index contributed by atoms with van der Waals surface area (Å²) in [5, 5.41) is 11.5. The number of benzene rings is 1. The SMILES string of the molecule is CC1CCCC(N)(C(=O)Nc2cccc(F)c2C(=O)O)C1. The Morgan fingerprint density at radius 3 is 2.81 bits per heavy atom. The van der Waals surface area contributed by atoms with Gasteiger partial charge in [0.05, 0.1) is 11.2 Å². The molecule has 2 unspecified atom stereocenters. The summed E-state index contributed by atoms with van der Waals surface area (Å²) in [4.78, 5) is 23.5. The number of carbonyl (C=O) groups excluding carboxylic acids is 1. The highest BCUT2D eigenvalue weighted by atomic mass is 19.1. The summed E-state index contributed by atoms with van der Waals surface area (Å²) in [7, 11) is 0.